The number of amides is 1. The van der Waals surface area contributed by atoms with Crippen molar-refractivity contribution in [2.45, 2.75) is 39.3 Å². The molecule has 5 heteroatoms. The fourth-order valence-corrected chi connectivity index (χ4v) is 2.82. The van der Waals surface area contributed by atoms with Gasteiger partial charge in [0.05, 0.1) is 5.02 Å². The van der Waals surface area contributed by atoms with E-state index in [4.69, 9.17) is 11.6 Å². The molecule has 116 valence electrons. The quantitative estimate of drug-likeness (QED) is 0.899. The van der Waals surface area contributed by atoms with Crippen LogP contribution in [0.4, 0.5) is 0 Å². The average molecular weight is 311 g/mol. The number of piperidine rings is 1. The minimum Gasteiger partial charge on any atom is -0.506 e. The van der Waals surface area contributed by atoms with Crippen LogP contribution in [0.2, 0.25) is 5.02 Å². The van der Waals surface area contributed by atoms with Gasteiger partial charge in [0.1, 0.15) is 5.75 Å². The molecule has 1 aliphatic heterocycles. The number of rotatable bonds is 4. The molecule has 21 heavy (non-hydrogen) atoms. The van der Waals surface area contributed by atoms with E-state index in [9.17, 15) is 9.90 Å². The number of halogens is 1. The van der Waals surface area contributed by atoms with Gasteiger partial charge < -0.3 is 15.3 Å². The van der Waals surface area contributed by atoms with Gasteiger partial charge in [-0.1, -0.05) is 37.6 Å². The molecule has 0 saturated carbocycles. The molecule has 1 saturated heterocycles. The first-order valence-electron chi connectivity index (χ1n) is 7.47. The number of nitrogens with zero attached hydrogens (tertiary/aromatic N) is 1. The van der Waals surface area contributed by atoms with Crippen molar-refractivity contribution in [3.8, 4) is 5.75 Å². The highest BCUT2D eigenvalue weighted by Crippen LogP contribution is 2.27. The molecule has 0 radical (unpaired) electrons. The summed E-state index contributed by atoms with van der Waals surface area (Å²) in [6, 6.07) is 5.75. The van der Waals surface area contributed by atoms with Gasteiger partial charge in [-0.25, -0.2) is 0 Å². The van der Waals surface area contributed by atoms with Gasteiger partial charge in [0, 0.05) is 37.2 Å². The lowest BCUT2D eigenvalue weighted by molar-refractivity contribution is -0.135. The van der Waals surface area contributed by atoms with Gasteiger partial charge in [0.2, 0.25) is 5.91 Å². The van der Waals surface area contributed by atoms with Crippen LogP contribution >= 0.6 is 11.6 Å². The Balaban J connectivity index is 1.82. The zero-order valence-corrected chi connectivity index (χ0v) is 13.4. The van der Waals surface area contributed by atoms with Crippen LogP contribution in [-0.2, 0) is 11.3 Å². The summed E-state index contributed by atoms with van der Waals surface area (Å²) in [5.41, 5.74) is 0.809. The van der Waals surface area contributed by atoms with Crippen LogP contribution in [0.3, 0.4) is 0 Å². The molecule has 4 nitrogen and oxygen atoms in total. The first-order valence-corrected chi connectivity index (χ1v) is 7.85. The number of para-hydroxylation sites is 1. The molecule has 2 rings (SSSR count). The number of likely N-dealkylation sites (tertiary alicyclic amines) is 1. The Morgan fingerprint density at radius 3 is 2.71 bits per heavy atom. The zero-order valence-electron chi connectivity index (χ0n) is 12.6. The average Bonchev–Trinajstić information content (AvgIpc) is 2.48. The normalized spacial score (nSPS) is 16.5. The molecule has 0 aliphatic carbocycles. The molecule has 0 bridgehead atoms. The number of hydrogen-bond donors (Lipinski definition) is 2. The molecular weight excluding hydrogens is 288 g/mol. The van der Waals surface area contributed by atoms with Gasteiger partial charge >= 0.3 is 0 Å². The van der Waals surface area contributed by atoms with Gasteiger partial charge in [-0.05, 0) is 18.9 Å². The molecule has 1 aromatic carbocycles. The van der Waals surface area contributed by atoms with Crippen LogP contribution in [0.15, 0.2) is 18.2 Å². The predicted octanol–water partition coefficient (Wildman–Crippen LogP) is 2.78. The Bertz CT molecular complexity index is 497. The maximum absolute atomic E-state index is 11.9. The van der Waals surface area contributed by atoms with Crippen LogP contribution in [0.5, 0.6) is 5.75 Å². The van der Waals surface area contributed by atoms with E-state index < -0.39 is 0 Å². The van der Waals surface area contributed by atoms with Crippen molar-refractivity contribution in [2.24, 2.45) is 5.92 Å². The second-order valence-corrected chi connectivity index (χ2v) is 6.29. The Labute approximate surface area is 131 Å². The standard InChI is InChI=1S/C16H23ClN2O2/c1-11(2)16(21)19-8-6-13(7-9-19)18-10-12-4-3-5-14(17)15(12)20/h3-5,11,13,18,20H,6-10H2,1-2H3. The summed E-state index contributed by atoms with van der Waals surface area (Å²) in [5, 5.41) is 13.7. The maximum Gasteiger partial charge on any atom is 0.225 e. The van der Waals surface area contributed by atoms with E-state index in [0.717, 1.165) is 31.5 Å². The van der Waals surface area contributed by atoms with Gasteiger partial charge in [-0.3, -0.25) is 4.79 Å². The van der Waals surface area contributed by atoms with E-state index in [1.54, 1.807) is 6.07 Å². The molecule has 2 N–H and O–H groups in total. The van der Waals surface area contributed by atoms with E-state index >= 15 is 0 Å². The molecule has 0 aromatic heterocycles. The molecule has 1 aromatic rings. The topological polar surface area (TPSA) is 52.6 Å². The molecule has 1 amide bonds. The molecule has 0 spiro atoms. The lowest BCUT2D eigenvalue weighted by Crippen LogP contribution is -2.45. The molecule has 1 fully saturated rings. The number of nitrogens with one attached hydrogen (secondary N) is 1. The molecule has 0 atom stereocenters. The van der Waals surface area contributed by atoms with Gasteiger partial charge in [-0.15, -0.1) is 0 Å². The summed E-state index contributed by atoms with van der Waals surface area (Å²) in [4.78, 5) is 13.9. The lowest BCUT2D eigenvalue weighted by Gasteiger charge is -2.33. The first-order chi connectivity index (χ1) is 9.99. The van der Waals surface area contributed by atoms with Crippen molar-refractivity contribution >= 4 is 17.5 Å². The summed E-state index contributed by atoms with van der Waals surface area (Å²) in [6.45, 7) is 6.07. The van der Waals surface area contributed by atoms with Crippen molar-refractivity contribution in [2.75, 3.05) is 13.1 Å². The van der Waals surface area contributed by atoms with E-state index in [1.165, 1.54) is 0 Å². The Morgan fingerprint density at radius 1 is 1.43 bits per heavy atom. The Morgan fingerprint density at radius 2 is 2.10 bits per heavy atom. The number of carbonyl (C=O) groups is 1. The van der Waals surface area contributed by atoms with E-state index in [-0.39, 0.29) is 17.6 Å². The SMILES string of the molecule is CC(C)C(=O)N1CCC(NCc2cccc(Cl)c2O)CC1. The number of aromatic hydroxyl groups is 1. The first kappa shape index (κ1) is 16.1. The van der Waals surface area contributed by atoms with E-state index in [1.807, 2.05) is 30.9 Å². The molecular formula is C16H23ClN2O2. The highest BCUT2D eigenvalue weighted by atomic mass is 35.5. The van der Waals surface area contributed by atoms with Gasteiger partial charge in [-0.2, -0.15) is 0 Å². The minimum atomic E-state index is 0.0675. The number of benzene rings is 1. The van der Waals surface area contributed by atoms with Crippen molar-refractivity contribution in [1.29, 1.82) is 0 Å². The third-order valence-electron chi connectivity index (χ3n) is 3.95. The Kier molecular flexibility index (Phi) is 5.48. The summed E-state index contributed by atoms with van der Waals surface area (Å²) in [6.07, 6.45) is 1.89. The third-order valence-corrected chi connectivity index (χ3v) is 4.26. The van der Waals surface area contributed by atoms with Crippen molar-refractivity contribution < 1.29 is 9.90 Å². The summed E-state index contributed by atoms with van der Waals surface area (Å²) in [5.74, 6) is 0.456. The fourth-order valence-electron chi connectivity index (χ4n) is 2.63. The van der Waals surface area contributed by atoms with Gasteiger partial charge in [0.15, 0.2) is 0 Å². The van der Waals surface area contributed by atoms with Crippen LogP contribution in [0.25, 0.3) is 0 Å². The lowest BCUT2D eigenvalue weighted by atomic mass is 10.0. The Hall–Kier alpha value is -1.26. The highest BCUT2D eigenvalue weighted by molar-refractivity contribution is 6.32. The number of hydrogen-bond acceptors (Lipinski definition) is 3. The number of phenols is 1. The zero-order chi connectivity index (χ0) is 15.4. The molecule has 0 unspecified atom stereocenters. The largest absolute Gasteiger partial charge is 0.506 e. The van der Waals surface area contributed by atoms with E-state index in [2.05, 4.69) is 5.32 Å². The van der Waals surface area contributed by atoms with Crippen LogP contribution in [0.1, 0.15) is 32.3 Å². The monoisotopic (exact) mass is 310 g/mol. The summed E-state index contributed by atoms with van der Waals surface area (Å²) >= 11 is 5.90. The van der Waals surface area contributed by atoms with Crippen LogP contribution in [-0.4, -0.2) is 35.0 Å². The van der Waals surface area contributed by atoms with Gasteiger partial charge in [0.25, 0.3) is 0 Å². The van der Waals surface area contributed by atoms with Crippen LogP contribution in [0, 0.1) is 5.92 Å². The highest BCUT2D eigenvalue weighted by Gasteiger charge is 2.24. The third kappa shape index (κ3) is 4.11. The number of phenolic OH excluding ortho intramolecular Hbond substituents is 1. The summed E-state index contributed by atoms with van der Waals surface area (Å²) < 4.78 is 0. The van der Waals surface area contributed by atoms with Crippen molar-refractivity contribution in [3.05, 3.63) is 28.8 Å². The molecule has 1 aliphatic rings. The smallest absolute Gasteiger partial charge is 0.225 e. The van der Waals surface area contributed by atoms with E-state index in [0.29, 0.717) is 17.6 Å². The predicted molar refractivity (Wildman–Crippen MR) is 84.4 cm³/mol. The summed E-state index contributed by atoms with van der Waals surface area (Å²) in [7, 11) is 0. The van der Waals surface area contributed by atoms with Crippen molar-refractivity contribution in [1.82, 2.24) is 10.2 Å². The van der Waals surface area contributed by atoms with Crippen LogP contribution < -0.4 is 5.32 Å². The van der Waals surface area contributed by atoms with Crippen molar-refractivity contribution in [3.63, 3.8) is 0 Å². The fraction of sp³-hybridized carbons (Fsp3) is 0.562. The second kappa shape index (κ2) is 7.14. The maximum atomic E-state index is 11.9. The minimum absolute atomic E-state index is 0.0675. The molecule has 1 heterocycles. The second-order valence-electron chi connectivity index (χ2n) is 5.88. The number of carbonyl (C=O) groups excluding carboxylic acids is 1.